The van der Waals surface area contributed by atoms with E-state index in [2.05, 4.69) is 5.32 Å². The average molecular weight is 291 g/mol. The quantitative estimate of drug-likeness (QED) is 0.880. The van der Waals surface area contributed by atoms with Gasteiger partial charge in [-0.05, 0) is 43.7 Å². The van der Waals surface area contributed by atoms with Gasteiger partial charge in [0.25, 0.3) is 5.91 Å². The highest BCUT2D eigenvalue weighted by Crippen LogP contribution is 2.14. The number of carbonyl (C=O) groups is 1. The van der Waals surface area contributed by atoms with Crippen molar-refractivity contribution in [3.63, 3.8) is 0 Å². The van der Waals surface area contributed by atoms with Crippen molar-refractivity contribution >= 4 is 11.6 Å². The molecule has 21 heavy (non-hydrogen) atoms. The molecule has 1 atom stereocenters. The zero-order valence-electron chi connectivity index (χ0n) is 12.5. The normalized spacial score (nSPS) is 12.2. The van der Waals surface area contributed by atoms with Crippen molar-refractivity contribution in [3.05, 3.63) is 53.2 Å². The third-order valence-corrected chi connectivity index (χ3v) is 3.13. The number of rotatable bonds is 5. The van der Waals surface area contributed by atoms with E-state index in [0.717, 1.165) is 22.0 Å². The Balaban J connectivity index is 1.89. The van der Waals surface area contributed by atoms with Crippen LogP contribution in [-0.2, 0) is 11.3 Å². The summed E-state index contributed by atoms with van der Waals surface area (Å²) in [6, 6.07) is 8.53. The van der Waals surface area contributed by atoms with E-state index in [1.807, 2.05) is 26.1 Å². The molecule has 0 saturated carbocycles. The van der Waals surface area contributed by atoms with Gasteiger partial charge in [0.1, 0.15) is 18.1 Å². The van der Waals surface area contributed by atoms with Crippen LogP contribution in [0.3, 0.4) is 0 Å². The minimum atomic E-state index is -0.414. The number of carbonyl (C=O) groups excluding carboxylic acids is 1. The van der Waals surface area contributed by atoms with Crippen LogP contribution in [0.2, 0.25) is 0 Å². The van der Waals surface area contributed by atoms with Crippen LogP contribution in [0, 0.1) is 19.7 Å². The van der Waals surface area contributed by atoms with Gasteiger partial charge in [-0.3, -0.25) is 4.79 Å². The third kappa shape index (κ3) is 4.43. The first-order valence-corrected chi connectivity index (χ1v) is 6.86. The molecule has 0 radical (unpaired) electrons. The second kappa shape index (κ2) is 6.54. The van der Waals surface area contributed by atoms with E-state index in [-0.39, 0.29) is 18.1 Å². The fraction of sp³-hybridized carbons (Fsp3) is 0.312. The monoisotopic (exact) mass is 291 g/mol. The number of furan rings is 1. The van der Waals surface area contributed by atoms with Crippen LogP contribution >= 0.6 is 0 Å². The molecule has 0 aliphatic carbocycles. The molecule has 0 bridgehead atoms. The lowest BCUT2D eigenvalue weighted by atomic mass is 10.2. The van der Waals surface area contributed by atoms with Crippen molar-refractivity contribution < 1.29 is 18.5 Å². The topological polar surface area (TPSA) is 46.7 Å². The summed E-state index contributed by atoms with van der Waals surface area (Å²) >= 11 is 0. The predicted octanol–water partition coefficient (Wildman–Crippen LogP) is 1.69. The molecular weight excluding hydrogens is 271 g/mol. The number of halogens is 1. The summed E-state index contributed by atoms with van der Waals surface area (Å²) in [5.41, 5.74) is 1.04. The summed E-state index contributed by atoms with van der Waals surface area (Å²) in [6.07, 6.45) is 0. The molecule has 1 amide bonds. The molecule has 0 aliphatic heterocycles. The Kier molecular flexibility index (Phi) is 4.75. The van der Waals surface area contributed by atoms with Gasteiger partial charge in [-0.15, -0.1) is 0 Å². The molecule has 2 aromatic rings. The minimum Gasteiger partial charge on any atom is -0.460 e. The summed E-state index contributed by atoms with van der Waals surface area (Å²) < 4.78 is 19.1. The SMILES string of the molecule is Cc1ccc(NC(=O)C[NH+](C)Cc2ccc(C)o2)c(F)c1. The van der Waals surface area contributed by atoms with Crippen LogP contribution in [0.15, 0.2) is 34.7 Å². The molecule has 5 heteroatoms. The van der Waals surface area contributed by atoms with Crippen LogP contribution in [0.25, 0.3) is 0 Å². The highest BCUT2D eigenvalue weighted by molar-refractivity contribution is 5.91. The van der Waals surface area contributed by atoms with E-state index in [9.17, 15) is 9.18 Å². The molecular formula is C16H20FN2O2+. The fourth-order valence-corrected chi connectivity index (χ4v) is 2.13. The fourth-order valence-electron chi connectivity index (χ4n) is 2.13. The lowest BCUT2D eigenvalue weighted by Gasteiger charge is -2.13. The maximum absolute atomic E-state index is 13.7. The summed E-state index contributed by atoms with van der Waals surface area (Å²) in [4.78, 5) is 12.9. The summed E-state index contributed by atoms with van der Waals surface area (Å²) in [6.45, 7) is 4.54. The van der Waals surface area contributed by atoms with Crippen LogP contribution in [0.5, 0.6) is 0 Å². The summed E-state index contributed by atoms with van der Waals surface area (Å²) in [5, 5.41) is 2.59. The van der Waals surface area contributed by atoms with Crippen molar-refractivity contribution in [1.29, 1.82) is 0 Å². The number of aryl methyl sites for hydroxylation is 2. The molecule has 0 spiro atoms. The Labute approximate surface area is 123 Å². The molecule has 0 fully saturated rings. The van der Waals surface area contributed by atoms with E-state index in [0.29, 0.717) is 6.54 Å². The van der Waals surface area contributed by atoms with Gasteiger partial charge in [0.05, 0.1) is 12.7 Å². The van der Waals surface area contributed by atoms with Crippen molar-refractivity contribution in [3.8, 4) is 0 Å². The molecule has 1 unspecified atom stereocenters. The van der Waals surface area contributed by atoms with Crippen LogP contribution in [-0.4, -0.2) is 19.5 Å². The van der Waals surface area contributed by atoms with Crippen LogP contribution < -0.4 is 10.2 Å². The highest BCUT2D eigenvalue weighted by Gasteiger charge is 2.14. The molecule has 4 nitrogen and oxygen atoms in total. The number of hydrogen-bond acceptors (Lipinski definition) is 2. The smallest absolute Gasteiger partial charge is 0.279 e. The number of amides is 1. The van der Waals surface area contributed by atoms with Gasteiger partial charge in [0, 0.05) is 0 Å². The standard InChI is InChI=1S/C16H19FN2O2/c1-11-4-7-15(14(17)8-11)18-16(20)10-19(3)9-13-6-5-12(2)21-13/h4-8H,9-10H2,1-3H3,(H,18,20)/p+1. The number of benzene rings is 1. The molecule has 1 aromatic heterocycles. The second-order valence-corrected chi connectivity index (χ2v) is 5.35. The minimum absolute atomic E-state index is 0.215. The van der Waals surface area contributed by atoms with Gasteiger partial charge in [0.15, 0.2) is 12.3 Å². The molecule has 1 aromatic carbocycles. The summed E-state index contributed by atoms with van der Waals surface area (Å²) in [7, 11) is 1.89. The van der Waals surface area contributed by atoms with Crippen molar-refractivity contribution in [2.24, 2.45) is 0 Å². The Morgan fingerprint density at radius 3 is 2.67 bits per heavy atom. The predicted molar refractivity (Wildman–Crippen MR) is 78.7 cm³/mol. The molecule has 112 valence electrons. The van der Waals surface area contributed by atoms with Crippen LogP contribution in [0.1, 0.15) is 17.1 Å². The van der Waals surface area contributed by atoms with Gasteiger partial charge in [-0.1, -0.05) is 6.07 Å². The maximum atomic E-state index is 13.7. The number of quaternary nitrogens is 1. The number of anilines is 1. The molecule has 1 heterocycles. The lowest BCUT2D eigenvalue weighted by Crippen LogP contribution is -3.08. The zero-order chi connectivity index (χ0) is 15.4. The Bertz CT molecular complexity index is 637. The first-order chi connectivity index (χ1) is 9.94. The first-order valence-electron chi connectivity index (χ1n) is 6.86. The largest absolute Gasteiger partial charge is 0.460 e. The summed E-state index contributed by atoms with van der Waals surface area (Å²) in [5.74, 6) is 1.05. The van der Waals surface area contributed by atoms with Crippen LogP contribution in [0.4, 0.5) is 10.1 Å². The average Bonchev–Trinajstić information content (AvgIpc) is 2.78. The molecule has 2 N–H and O–H groups in total. The van der Waals surface area contributed by atoms with E-state index in [1.54, 1.807) is 19.1 Å². The Hall–Kier alpha value is -2.14. The van der Waals surface area contributed by atoms with Gasteiger partial charge in [0.2, 0.25) is 0 Å². The first kappa shape index (κ1) is 15.3. The zero-order valence-corrected chi connectivity index (χ0v) is 12.5. The van der Waals surface area contributed by atoms with Crippen molar-refractivity contribution in [2.75, 3.05) is 18.9 Å². The number of likely N-dealkylation sites (N-methyl/N-ethyl adjacent to an activating group) is 1. The number of nitrogens with one attached hydrogen (secondary N) is 2. The van der Waals surface area contributed by atoms with Crippen molar-refractivity contribution in [1.82, 2.24) is 0 Å². The third-order valence-electron chi connectivity index (χ3n) is 3.13. The van der Waals surface area contributed by atoms with E-state index >= 15 is 0 Å². The maximum Gasteiger partial charge on any atom is 0.279 e. The van der Waals surface area contributed by atoms with Gasteiger partial charge < -0.3 is 14.6 Å². The number of hydrogen-bond donors (Lipinski definition) is 2. The van der Waals surface area contributed by atoms with Gasteiger partial charge in [-0.25, -0.2) is 4.39 Å². The Morgan fingerprint density at radius 1 is 1.29 bits per heavy atom. The van der Waals surface area contributed by atoms with Gasteiger partial charge >= 0.3 is 0 Å². The van der Waals surface area contributed by atoms with E-state index in [1.165, 1.54) is 6.07 Å². The highest BCUT2D eigenvalue weighted by atomic mass is 19.1. The molecule has 0 saturated heterocycles. The molecule has 0 aliphatic rings. The van der Waals surface area contributed by atoms with Gasteiger partial charge in [-0.2, -0.15) is 0 Å². The van der Waals surface area contributed by atoms with E-state index in [4.69, 9.17) is 4.42 Å². The molecule has 2 rings (SSSR count). The second-order valence-electron chi connectivity index (χ2n) is 5.35. The Morgan fingerprint density at radius 2 is 2.05 bits per heavy atom. The lowest BCUT2D eigenvalue weighted by molar-refractivity contribution is -0.886. The van der Waals surface area contributed by atoms with Crippen molar-refractivity contribution in [2.45, 2.75) is 20.4 Å². The van der Waals surface area contributed by atoms with E-state index < -0.39 is 5.82 Å².